The third kappa shape index (κ3) is 2.93. The Morgan fingerprint density at radius 3 is 2.90 bits per heavy atom. The average Bonchev–Trinajstić information content (AvgIpc) is 2.03. The fraction of sp³-hybridized carbons (Fsp3) is 1.00. The van der Waals surface area contributed by atoms with Crippen LogP contribution < -0.4 is 5.32 Å². The van der Waals surface area contributed by atoms with E-state index < -0.39 is 0 Å². The first kappa shape index (κ1) is 8.41. The number of rotatable bonds is 3. The molecule has 0 aromatic rings. The molecule has 1 fully saturated rings. The Morgan fingerprint density at radius 2 is 2.30 bits per heavy atom. The normalized spacial score (nSPS) is 26.7. The molecule has 1 unspecified atom stereocenters. The maximum Gasteiger partial charge on any atom is 0.00673 e. The van der Waals surface area contributed by atoms with E-state index in [4.69, 9.17) is 0 Å². The van der Waals surface area contributed by atoms with E-state index in [2.05, 4.69) is 17.9 Å². The van der Waals surface area contributed by atoms with Gasteiger partial charge >= 0.3 is 0 Å². The Hall–Kier alpha value is 0.310. The molecule has 0 aromatic heterocycles. The van der Waals surface area contributed by atoms with Crippen LogP contribution in [0.15, 0.2) is 0 Å². The third-order valence-corrected chi connectivity index (χ3v) is 2.44. The Bertz CT molecular complexity index is 79.3. The van der Waals surface area contributed by atoms with Crippen molar-refractivity contribution in [2.75, 3.05) is 12.3 Å². The minimum atomic E-state index is 0.806. The number of thiol groups is 1. The topological polar surface area (TPSA) is 12.0 Å². The van der Waals surface area contributed by atoms with Gasteiger partial charge in [0, 0.05) is 6.04 Å². The van der Waals surface area contributed by atoms with Gasteiger partial charge < -0.3 is 5.32 Å². The van der Waals surface area contributed by atoms with Crippen LogP contribution in [0.4, 0.5) is 0 Å². The van der Waals surface area contributed by atoms with E-state index in [-0.39, 0.29) is 0 Å². The molecular weight excluding hydrogens is 142 g/mol. The van der Waals surface area contributed by atoms with E-state index in [9.17, 15) is 0 Å². The Labute approximate surface area is 69.0 Å². The standard InChI is InChI=1S/C8H17NS/c10-7-3-5-8-4-1-2-6-9-8/h8-10H,1-7H2. The summed E-state index contributed by atoms with van der Waals surface area (Å²) in [6.07, 6.45) is 6.76. The molecule has 0 spiro atoms. The van der Waals surface area contributed by atoms with Gasteiger partial charge in [-0.1, -0.05) is 6.42 Å². The minimum absolute atomic E-state index is 0.806. The zero-order chi connectivity index (χ0) is 7.23. The molecule has 0 saturated carbocycles. The molecule has 1 saturated heterocycles. The summed E-state index contributed by atoms with van der Waals surface area (Å²) in [5, 5.41) is 3.52. The minimum Gasteiger partial charge on any atom is -0.314 e. The predicted octanol–water partition coefficient (Wildman–Crippen LogP) is 1.84. The van der Waals surface area contributed by atoms with Gasteiger partial charge in [-0.25, -0.2) is 0 Å². The molecule has 0 aromatic carbocycles. The van der Waals surface area contributed by atoms with E-state index in [1.54, 1.807) is 0 Å². The Kier molecular flexibility index (Phi) is 4.23. The second-order valence-corrected chi connectivity index (χ2v) is 3.46. The highest BCUT2D eigenvalue weighted by atomic mass is 32.1. The average molecular weight is 159 g/mol. The van der Waals surface area contributed by atoms with Crippen LogP contribution in [0.2, 0.25) is 0 Å². The first-order valence-electron chi connectivity index (χ1n) is 4.27. The van der Waals surface area contributed by atoms with E-state index >= 15 is 0 Å². The molecule has 1 atom stereocenters. The van der Waals surface area contributed by atoms with Crippen molar-refractivity contribution < 1.29 is 0 Å². The van der Waals surface area contributed by atoms with Gasteiger partial charge in [-0.2, -0.15) is 12.6 Å². The summed E-state index contributed by atoms with van der Waals surface area (Å²) in [5.41, 5.74) is 0. The van der Waals surface area contributed by atoms with Crippen molar-refractivity contribution in [1.82, 2.24) is 5.32 Å². The highest BCUT2D eigenvalue weighted by Gasteiger charge is 2.10. The van der Waals surface area contributed by atoms with Gasteiger partial charge in [-0.3, -0.25) is 0 Å². The van der Waals surface area contributed by atoms with Crippen LogP contribution in [0.3, 0.4) is 0 Å². The molecule has 1 nitrogen and oxygen atoms in total. The van der Waals surface area contributed by atoms with E-state index in [1.807, 2.05) is 0 Å². The molecule has 1 aliphatic rings. The molecule has 0 bridgehead atoms. The number of hydrogen-bond acceptors (Lipinski definition) is 2. The van der Waals surface area contributed by atoms with Gasteiger partial charge in [0.05, 0.1) is 0 Å². The first-order chi connectivity index (χ1) is 4.93. The Morgan fingerprint density at radius 1 is 1.40 bits per heavy atom. The highest BCUT2D eigenvalue weighted by molar-refractivity contribution is 7.80. The highest BCUT2D eigenvalue weighted by Crippen LogP contribution is 2.11. The smallest absolute Gasteiger partial charge is 0.00673 e. The summed E-state index contributed by atoms with van der Waals surface area (Å²) in [7, 11) is 0. The fourth-order valence-electron chi connectivity index (χ4n) is 1.51. The van der Waals surface area contributed by atoms with Crippen molar-refractivity contribution in [2.45, 2.75) is 38.1 Å². The number of piperidine rings is 1. The predicted molar refractivity (Wildman–Crippen MR) is 48.7 cm³/mol. The molecule has 1 N–H and O–H groups in total. The van der Waals surface area contributed by atoms with Gasteiger partial charge in [-0.15, -0.1) is 0 Å². The zero-order valence-corrected chi connectivity index (χ0v) is 7.37. The molecule has 0 radical (unpaired) electrons. The molecule has 0 aliphatic carbocycles. The second kappa shape index (κ2) is 5.03. The van der Waals surface area contributed by atoms with Crippen LogP contribution in [-0.4, -0.2) is 18.3 Å². The van der Waals surface area contributed by atoms with Gasteiger partial charge in [0.15, 0.2) is 0 Å². The molecule has 10 heavy (non-hydrogen) atoms. The molecule has 1 heterocycles. The lowest BCUT2D eigenvalue weighted by molar-refractivity contribution is 0.381. The van der Waals surface area contributed by atoms with Gasteiger partial charge in [0.2, 0.25) is 0 Å². The lowest BCUT2D eigenvalue weighted by Crippen LogP contribution is -2.33. The van der Waals surface area contributed by atoms with Crippen LogP contribution in [0.1, 0.15) is 32.1 Å². The Balaban J connectivity index is 2.02. The number of hydrogen-bond donors (Lipinski definition) is 2. The lowest BCUT2D eigenvalue weighted by Gasteiger charge is -2.22. The summed E-state index contributed by atoms with van der Waals surface area (Å²) in [4.78, 5) is 0. The second-order valence-electron chi connectivity index (χ2n) is 3.01. The molecule has 0 amide bonds. The third-order valence-electron chi connectivity index (χ3n) is 2.12. The van der Waals surface area contributed by atoms with Gasteiger partial charge in [-0.05, 0) is 38.0 Å². The van der Waals surface area contributed by atoms with E-state index in [1.165, 1.54) is 38.6 Å². The molecule has 2 heteroatoms. The molecule has 1 rings (SSSR count). The quantitative estimate of drug-likeness (QED) is 0.599. The van der Waals surface area contributed by atoms with E-state index in [0.717, 1.165) is 11.8 Å². The van der Waals surface area contributed by atoms with Gasteiger partial charge in [0.25, 0.3) is 0 Å². The van der Waals surface area contributed by atoms with Crippen molar-refractivity contribution in [3.63, 3.8) is 0 Å². The number of nitrogens with one attached hydrogen (secondary N) is 1. The van der Waals surface area contributed by atoms with Gasteiger partial charge in [0.1, 0.15) is 0 Å². The van der Waals surface area contributed by atoms with Crippen molar-refractivity contribution in [3.05, 3.63) is 0 Å². The summed E-state index contributed by atoms with van der Waals surface area (Å²) < 4.78 is 0. The van der Waals surface area contributed by atoms with Crippen molar-refractivity contribution in [2.24, 2.45) is 0 Å². The summed E-state index contributed by atoms with van der Waals surface area (Å²) in [6.45, 7) is 1.23. The van der Waals surface area contributed by atoms with Crippen LogP contribution in [0.5, 0.6) is 0 Å². The maximum atomic E-state index is 4.19. The fourth-order valence-corrected chi connectivity index (χ4v) is 1.69. The van der Waals surface area contributed by atoms with Crippen LogP contribution in [0, 0.1) is 0 Å². The summed E-state index contributed by atoms with van der Waals surface area (Å²) >= 11 is 4.19. The lowest BCUT2D eigenvalue weighted by atomic mass is 10.0. The molecule has 1 aliphatic heterocycles. The molecule has 60 valence electrons. The largest absolute Gasteiger partial charge is 0.314 e. The van der Waals surface area contributed by atoms with E-state index in [0.29, 0.717) is 0 Å². The monoisotopic (exact) mass is 159 g/mol. The summed E-state index contributed by atoms with van der Waals surface area (Å²) in [5.74, 6) is 1.04. The van der Waals surface area contributed by atoms with Crippen LogP contribution in [-0.2, 0) is 0 Å². The molecular formula is C8H17NS. The zero-order valence-electron chi connectivity index (χ0n) is 6.47. The first-order valence-corrected chi connectivity index (χ1v) is 4.91. The summed E-state index contributed by atoms with van der Waals surface area (Å²) in [6, 6.07) is 0.806. The maximum absolute atomic E-state index is 4.19. The van der Waals surface area contributed by atoms with Crippen LogP contribution >= 0.6 is 12.6 Å². The van der Waals surface area contributed by atoms with Crippen LogP contribution in [0.25, 0.3) is 0 Å². The van der Waals surface area contributed by atoms with Crippen molar-refractivity contribution in [1.29, 1.82) is 0 Å². The van der Waals surface area contributed by atoms with Crippen molar-refractivity contribution >= 4 is 12.6 Å². The SMILES string of the molecule is SCCCC1CCCCN1. The van der Waals surface area contributed by atoms with Crippen molar-refractivity contribution in [3.8, 4) is 0 Å².